The molecule has 2 N–H and O–H groups in total. The Balaban J connectivity index is 1.40. The van der Waals surface area contributed by atoms with Crippen molar-refractivity contribution in [2.24, 2.45) is 5.92 Å². The highest BCUT2D eigenvalue weighted by Crippen LogP contribution is 2.46. The zero-order valence-corrected chi connectivity index (χ0v) is 27.6. The topological polar surface area (TPSA) is 84.5 Å². The Morgan fingerprint density at radius 2 is 1.84 bits per heavy atom. The van der Waals surface area contributed by atoms with E-state index in [1.54, 1.807) is 23.5 Å². The van der Waals surface area contributed by atoms with E-state index >= 15 is 0 Å². The van der Waals surface area contributed by atoms with Crippen molar-refractivity contribution in [3.05, 3.63) is 93.0 Å². The molecule has 1 unspecified atom stereocenters. The molecule has 0 saturated carbocycles. The van der Waals surface area contributed by atoms with Crippen molar-refractivity contribution in [1.29, 1.82) is 0 Å². The number of ketones is 1. The van der Waals surface area contributed by atoms with E-state index < -0.39 is 15.6 Å². The van der Waals surface area contributed by atoms with Crippen molar-refractivity contribution < 1.29 is 17.9 Å². The lowest BCUT2D eigenvalue weighted by Crippen LogP contribution is -2.41. The molecule has 3 aliphatic rings. The van der Waals surface area contributed by atoms with Gasteiger partial charge in [0.05, 0.1) is 16.1 Å². The molecule has 1 aliphatic carbocycles. The lowest BCUT2D eigenvalue weighted by atomic mass is 9.82. The number of fused-ring (bicyclic) bond motifs is 1. The Bertz CT molecular complexity index is 1600. The molecule has 2 aromatic rings. The average Bonchev–Trinajstić information content (AvgIpc) is 3.52. The molecular weight excluding hydrogens is 577 g/mol. The van der Waals surface area contributed by atoms with E-state index in [2.05, 4.69) is 50.4 Å². The van der Waals surface area contributed by atoms with Crippen LogP contribution in [0.4, 0.5) is 0 Å². The highest BCUT2D eigenvalue weighted by Gasteiger charge is 2.43. The Morgan fingerprint density at radius 1 is 1.14 bits per heavy atom. The smallest absolute Gasteiger partial charge is 0.261 e. The lowest BCUT2D eigenvalue weighted by Gasteiger charge is -2.31. The number of allylic oxidation sites excluding steroid dienone is 2. The van der Waals surface area contributed by atoms with E-state index in [-0.39, 0.29) is 16.1 Å². The molecule has 8 heteroatoms. The quantitative estimate of drug-likeness (QED) is 0.272. The molecular formula is C35H44N2O4S2. The van der Waals surface area contributed by atoms with E-state index in [0.29, 0.717) is 35.7 Å². The summed E-state index contributed by atoms with van der Waals surface area (Å²) in [4.78, 5) is 16.3. The van der Waals surface area contributed by atoms with Crippen LogP contribution in [0.3, 0.4) is 0 Å². The summed E-state index contributed by atoms with van der Waals surface area (Å²) in [6, 6.07) is 11.2. The van der Waals surface area contributed by atoms with Crippen LogP contribution in [-0.2, 0) is 25.0 Å². The molecule has 43 heavy (non-hydrogen) atoms. The fourth-order valence-corrected chi connectivity index (χ4v) is 8.08. The first kappa shape index (κ1) is 31.5. The van der Waals surface area contributed by atoms with Crippen molar-refractivity contribution in [2.75, 3.05) is 13.2 Å². The SMILES string of the molecule is C=C(CCCC1CCOCC1)C(=O)C1=C(c2ccc(C)s2)C2=CC(NS(=O)(=O)c3ccc(C(C)(C)C)cc3)=CCC2(C)N1. The van der Waals surface area contributed by atoms with Gasteiger partial charge >= 0.3 is 0 Å². The molecule has 1 aromatic carbocycles. The first-order chi connectivity index (χ1) is 20.3. The maximum Gasteiger partial charge on any atom is 0.261 e. The zero-order valence-electron chi connectivity index (χ0n) is 26.0. The van der Waals surface area contributed by atoms with Crippen LogP contribution in [0.1, 0.15) is 81.5 Å². The molecule has 230 valence electrons. The van der Waals surface area contributed by atoms with Gasteiger partial charge < -0.3 is 10.1 Å². The molecule has 3 heterocycles. The third-order valence-corrected chi connectivity index (χ3v) is 11.2. The maximum absolute atomic E-state index is 13.9. The number of hydrogen-bond donors (Lipinski definition) is 2. The standard InChI is InChI=1S/C35H44N2O4S2/c1-23(8-7-9-25-17-20-41-21-18-25)33(38)32-31(30-15-10-24(2)42-30)29-22-27(16-19-35(29,6)36-32)37-43(39,40)28-13-11-26(12-14-28)34(3,4)5/h10-16,22,25,36-37H,1,7-9,17-21H2,2-6H3. The summed E-state index contributed by atoms with van der Waals surface area (Å²) in [6.07, 6.45) is 9.15. The number of Topliss-reactive ketones (excluding diaryl/α,β-unsaturated/α-hetero) is 1. The Kier molecular flexibility index (Phi) is 8.94. The summed E-state index contributed by atoms with van der Waals surface area (Å²) in [5.41, 5.74) is 3.89. The summed E-state index contributed by atoms with van der Waals surface area (Å²) >= 11 is 1.63. The van der Waals surface area contributed by atoms with E-state index in [4.69, 9.17) is 4.74 Å². The second kappa shape index (κ2) is 12.2. The van der Waals surface area contributed by atoms with Gasteiger partial charge in [-0.05, 0) is 111 Å². The number of carbonyl (C=O) groups is 1. The third kappa shape index (κ3) is 6.92. The van der Waals surface area contributed by atoms with E-state index in [1.165, 1.54) is 0 Å². The number of carbonyl (C=O) groups excluding carboxylic acids is 1. The summed E-state index contributed by atoms with van der Waals surface area (Å²) in [5.74, 6) is 0.590. The first-order valence-electron chi connectivity index (χ1n) is 15.2. The van der Waals surface area contributed by atoms with E-state index in [1.807, 2.05) is 37.3 Å². The highest BCUT2D eigenvalue weighted by atomic mass is 32.2. The van der Waals surface area contributed by atoms with Crippen molar-refractivity contribution >= 4 is 32.7 Å². The summed E-state index contributed by atoms with van der Waals surface area (Å²) in [5, 5.41) is 3.55. The van der Waals surface area contributed by atoms with Crippen LogP contribution in [0, 0.1) is 12.8 Å². The van der Waals surface area contributed by atoms with Crippen LogP contribution in [0.2, 0.25) is 0 Å². The lowest BCUT2D eigenvalue weighted by molar-refractivity contribution is -0.112. The number of rotatable bonds is 10. The normalized spacial score (nSPS) is 21.1. The summed E-state index contributed by atoms with van der Waals surface area (Å²) < 4.78 is 35.1. The fraction of sp³-hybridized carbons (Fsp3) is 0.457. The highest BCUT2D eigenvalue weighted by molar-refractivity contribution is 7.89. The average molecular weight is 621 g/mol. The maximum atomic E-state index is 13.9. The third-order valence-electron chi connectivity index (χ3n) is 8.79. The van der Waals surface area contributed by atoms with Gasteiger partial charge in [-0.1, -0.05) is 45.6 Å². The predicted molar refractivity (Wildman–Crippen MR) is 175 cm³/mol. The van der Waals surface area contributed by atoms with Crippen LogP contribution in [-0.4, -0.2) is 33.0 Å². The minimum atomic E-state index is -3.80. The van der Waals surface area contributed by atoms with Gasteiger partial charge in [0.15, 0.2) is 0 Å². The Labute approximate surface area is 261 Å². The minimum absolute atomic E-state index is 0.0642. The van der Waals surface area contributed by atoms with Crippen molar-refractivity contribution in [3.63, 3.8) is 0 Å². The number of nitrogens with one attached hydrogen (secondary N) is 2. The molecule has 0 bridgehead atoms. The summed E-state index contributed by atoms with van der Waals surface area (Å²) in [7, 11) is -3.80. The van der Waals surface area contributed by atoms with Crippen LogP contribution < -0.4 is 10.0 Å². The molecule has 1 atom stereocenters. The number of hydrogen-bond acceptors (Lipinski definition) is 6. The number of ether oxygens (including phenoxy) is 1. The molecule has 1 aromatic heterocycles. The van der Waals surface area contributed by atoms with Crippen LogP contribution in [0.25, 0.3) is 5.57 Å². The van der Waals surface area contributed by atoms with Gasteiger partial charge in [-0.25, -0.2) is 8.42 Å². The molecule has 0 spiro atoms. The van der Waals surface area contributed by atoms with Gasteiger partial charge in [-0.15, -0.1) is 11.3 Å². The largest absolute Gasteiger partial charge is 0.381 e. The van der Waals surface area contributed by atoms with Gasteiger partial charge in [0.25, 0.3) is 10.0 Å². The van der Waals surface area contributed by atoms with Crippen molar-refractivity contribution in [2.45, 2.75) is 89.0 Å². The molecule has 0 radical (unpaired) electrons. The second-order valence-corrected chi connectivity index (χ2v) is 16.3. The van der Waals surface area contributed by atoms with Crippen LogP contribution >= 0.6 is 11.3 Å². The zero-order chi connectivity index (χ0) is 31.0. The minimum Gasteiger partial charge on any atom is -0.381 e. The second-order valence-electron chi connectivity index (χ2n) is 13.3. The van der Waals surface area contributed by atoms with Gasteiger partial charge in [-0.3, -0.25) is 9.52 Å². The molecule has 1 saturated heterocycles. The number of aryl methyl sites for hydroxylation is 1. The van der Waals surface area contributed by atoms with Crippen LogP contribution in [0.15, 0.2) is 82.6 Å². The van der Waals surface area contributed by atoms with Gasteiger partial charge in [0.2, 0.25) is 5.78 Å². The van der Waals surface area contributed by atoms with Gasteiger partial charge in [-0.2, -0.15) is 0 Å². The number of thiophene rings is 1. The summed E-state index contributed by atoms with van der Waals surface area (Å²) in [6.45, 7) is 16.3. The first-order valence-corrected chi connectivity index (χ1v) is 17.5. The number of benzene rings is 1. The predicted octanol–water partition coefficient (Wildman–Crippen LogP) is 7.34. The molecule has 5 rings (SSSR count). The Morgan fingerprint density at radius 3 is 2.47 bits per heavy atom. The number of sulfonamides is 1. The van der Waals surface area contributed by atoms with Crippen molar-refractivity contribution in [3.8, 4) is 0 Å². The molecule has 0 amide bonds. The van der Waals surface area contributed by atoms with Crippen LogP contribution in [0.5, 0.6) is 0 Å². The Hall–Kier alpha value is -2.94. The van der Waals surface area contributed by atoms with E-state index in [9.17, 15) is 13.2 Å². The van der Waals surface area contributed by atoms with Crippen molar-refractivity contribution in [1.82, 2.24) is 10.0 Å². The monoisotopic (exact) mass is 620 g/mol. The fourth-order valence-electron chi connectivity index (χ4n) is 6.08. The molecule has 1 fully saturated rings. The molecule has 6 nitrogen and oxygen atoms in total. The van der Waals surface area contributed by atoms with Gasteiger partial charge in [0.1, 0.15) is 0 Å². The van der Waals surface area contributed by atoms with E-state index in [0.717, 1.165) is 65.4 Å². The molecule has 2 aliphatic heterocycles. The van der Waals surface area contributed by atoms with Gasteiger partial charge in [0, 0.05) is 34.2 Å².